The molecule has 0 aliphatic carbocycles. The number of nitro groups is 1. The number of carbonyl (C=O) groups excluding carboxylic acids is 2. The lowest BCUT2D eigenvalue weighted by Gasteiger charge is -2.27. The van der Waals surface area contributed by atoms with Gasteiger partial charge in [-0.15, -0.1) is 0 Å². The molecule has 1 unspecified atom stereocenters. The molecule has 152 valence electrons. The van der Waals surface area contributed by atoms with Gasteiger partial charge in [0.05, 0.1) is 18.6 Å². The molecule has 29 heavy (non-hydrogen) atoms. The van der Waals surface area contributed by atoms with E-state index in [0.717, 1.165) is 23.3 Å². The number of nitro benzene ring substituents is 1. The third kappa shape index (κ3) is 3.78. The fourth-order valence-corrected chi connectivity index (χ4v) is 3.62. The van der Waals surface area contributed by atoms with Crippen molar-refractivity contribution in [2.45, 2.75) is 38.3 Å². The molecule has 2 aromatic carbocycles. The SMILES string of the molecule is CCCCC1(c2ccccc2)NC(=O)N(Cc2cc([N+](=O)[O-])ccc2OC)C1=O. The number of non-ortho nitro benzene ring substituents is 1. The summed E-state index contributed by atoms with van der Waals surface area (Å²) in [5.74, 6) is 0.0117. The second-order valence-corrected chi connectivity index (χ2v) is 6.95. The number of imide groups is 1. The summed E-state index contributed by atoms with van der Waals surface area (Å²) in [5.41, 5.74) is -0.152. The molecule has 8 nitrogen and oxygen atoms in total. The highest BCUT2D eigenvalue weighted by atomic mass is 16.6. The lowest BCUT2D eigenvalue weighted by Crippen LogP contribution is -2.44. The summed E-state index contributed by atoms with van der Waals surface area (Å²) in [6.45, 7) is 1.90. The van der Waals surface area contributed by atoms with Gasteiger partial charge < -0.3 is 10.1 Å². The zero-order valence-electron chi connectivity index (χ0n) is 16.4. The van der Waals surface area contributed by atoms with Crippen LogP contribution in [0, 0.1) is 10.1 Å². The molecule has 0 bridgehead atoms. The van der Waals surface area contributed by atoms with Gasteiger partial charge >= 0.3 is 6.03 Å². The number of benzene rings is 2. The van der Waals surface area contributed by atoms with Crippen molar-refractivity contribution in [2.75, 3.05) is 7.11 Å². The molecule has 1 heterocycles. The van der Waals surface area contributed by atoms with Crippen molar-refractivity contribution in [3.05, 3.63) is 69.8 Å². The summed E-state index contributed by atoms with van der Waals surface area (Å²) in [6, 6.07) is 12.7. The molecule has 8 heteroatoms. The molecule has 0 aromatic heterocycles. The minimum atomic E-state index is -1.14. The zero-order valence-corrected chi connectivity index (χ0v) is 16.4. The van der Waals surface area contributed by atoms with Crippen molar-refractivity contribution < 1.29 is 19.2 Å². The summed E-state index contributed by atoms with van der Waals surface area (Å²) in [5, 5.41) is 14.0. The largest absolute Gasteiger partial charge is 0.496 e. The zero-order chi connectivity index (χ0) is 21.0. The number of urea groups is 1. The predicted octanol–water partition coefficient (Wildman–Crippen LogP) is 3.74. The van der Waals surface area contributed by atoms with Gasteiger partial charge in [0.2, 0.25) is 0 Å². The second-order valence-electron chi connectivity index (χ2n) is 6.95. The molecular formula is C21H23N3O5. The number of amides is 3. The average molecular weight is 397 g/mol. The van der Waals surface area contributed by atoms with E-state index in [4.69, 9.17) is 4.74 Å². The summed E-state index contributed by atoms with van der Waals surface area (Å²) >= 11 is 0. The smallest absolute Gasteiger partial charge is 0.325 e. The van der Waals surface area contributed by atoms with Gasteiger partial charge in [-0.1, -0.05) is 50.1 Å². The molecule has 0 spiro atoms. The number of ether oxygens (including phenoxy) is 1. The van der Waals surface area contributed by atoms with Gasteiger partial charge in [-0.2, -0.15) is 0 Å². The van der Waals surface area contributed by atoms with Gasteiger partial charge in [0.15, 0.2) is 0 Å². The molecule has 2 aromatic rings. The van der Waals surface area contributed by atoms with Crippen LogP contribution >= 0.6 is 0 Å². The molecule has 1 aliphatic heterocycles. The lowest BCUT2D eigenvalue weighted by atomic mass is 9.85. The van der Waals surface area contributed by atoms with Crippen molar-refractivity contribution in [3.8, 4) is 5.75 Å². The molecule has 1 aliphatic rings. The standard InChI is InChI=1S/C21H23N3O5/c1-3-4-12-21(16-8-6-5-7-9-16)19(25)23(20(26)22-21)14-15-13-17(24(27)28)10-11-18(15)29-2/h5-11,13H,3-4,12,14H2,1-2H3,(H,22,26). The maximum absolute atomic E-state index is 13.4. The number of hydrogen-bond donors (Lipinski definition) is 1. The van der Waals surface area contributed by atoms with Gasteiger partial charge in [-0.3, -0.25) is 19.8 Å². The predicted molar refractivity (Wildman–Crippen MR) is 106 cm³/mol. The first kappa shape index (κ1) is 20.3. The second kappa shape index (κ2) is 8.30. The monoisotopic (exact) mass is 397 g/mol. The minimum absolute atomic E-state index is 0.115. The van der Waals surface area contributed by atoms with E-state index < -0.39 is 16.5 Å². The Kier molecular flexibility index (Phi) is 5.81. The number of nitrogens with one attached hydrogen (secondary N) is 1. The Labute approximate surface area is 168 Å². The third-order valence-electron chi connectivity index (χ3n) is 5.15. The van der Waals surface area contributed by atoms with Gasteiger partial charge in [-0.25, -0.2) is 4.79 Å². The lowest BCUT2D eigenvalue weighted by molar-refractivity contribution is -0.384. The van der Waals surface area contributed by atoms with Crippen molar-refractivity contribution in [1.82, 2.24) is 10.2 Å². The van der Waals surface area contributed by atoms with Crippen LogP contribution in [-0.2, 0) is 16.9 Å². The van der Waals surface area contributed by atoms with Crippen LogP contribution in [0.5, 0.6) is 5.75 Å². The summed E-state index contributed by atoms with van der Waals surface area (Å²) in [4.78, 5) is 37.9. The number of unbranched alkanes of at least 4 members (excludes halogenated alkanes) is 1. The van der Waals surface area contributed by atoms with Crippen LogP contribution in [0.2, 0.25) is 0 Å². The molecule has 1 N–H and O–H groups in total. The minimum Gasteiger partial charge on any atom is -0.496 e. The van der Waals surface area contributed by atoms with Crippen LogP contribution < -0.4 is 10.1 Å². The number of carbonyl (C=O) groups is 2. The van der Waals surface area contributed by atoms with E-state index in [0.29, 0.717) is 17.7 Å². The summed E-state index contributed by atoms with van der Waals surface area (Å²) in [6.07, 6.45) is 2.10. The molecule has 1 fully saturated rings. The number of rotatable bonds is 8. The molecule has 3 rings (SSSR count). The number of hydrogen-bond acceptors (Lipinski definition) is 5. The first-order chi connectivity index (χ1) is 13.9. The van der Waals surface area contributed by atoms with E-state index in [1.165, 1.54) is 25.3 Å². The van der Waals surface area contributed by atoms with Gasteiger partial charge in [0.25, 0.3) is 11.6 Å². The van der Waals surface area contributed by atoms with Crippen LogP contribution in [0.3, 0.4) is 0 Å². The van der Waals surface area contributed by atoms with Crippen molar-refractivity contribution in [3.63, 3.8) is 0 Å². The first-order valence-electron chi connectivity index (χ1n) is 9.44. The van der Waals surface area contributed by atoms with Crippen LogP contribution in [0.4, 0.5) is 10.5 Å². The van der Waals surface area contributed by atoms with E-state index >= 15 is 0 Å². The average Bonchev–Trinajstić information content (AvgIpc) is 2.98. The van der Waals surface area contributed by atoms with Crippen LogP contribution in [0.15, 0.2) is 48.5 Å². The van der Waals surface area contributed by atoms with Crippen molar-refractivity contribution in [1.29, 1.82) is 0 Å². The topological polar surface area (TPSA) is 102 Å². The first-order valence-corrected chi connectivity index (χ1v) is 9.44. The Morgan fingerprint density at radius 3 is 2.52 bits per heavy atom. The maximum Gasteiger partial charge on any atom is 0.325 e. The molecule has 1 atom stereocenters. The van der Waals surface area contributed by atoms with Crippen molar-refractivity contribution >= 4 is 17.6 Å². The fourth-order valence-electron chi connectivity index (χ4n) is 3.62. The third-order valence-corrected chi connectivity index (χ3v) is 5.15. The highest BCUT2D eigenvalue weighted by Gasteiger charge is 2.51. The molecular weight excluding hydrogens is 374 g/mol. The van der Waals surface area contributed by atoms with Crippen LogP contribution in [0.1, 0.15) is 37.3 Å². The van der Waals surface area contributed by atoms with E-state index in [2.05, 4.69) is 5.32 Å². The van der Waals surface area contributed by atoms with E-state index in [-0.39, 0.29) is 18.1 Å². The highest BCUT2D eigenvalue weighted by molar-refractivity contribution is 6.07. The van der Waals surface area contributed by atoms with Gasteiger partial charge in [0.1, 0.15) is 11.3 Å². The van der Waals surface area contributed by atoms with E-state index in [9.17, 15) is 19.7 Å². The van der Waals surface area contributed by atoms with E-state index in [1.54, 1.807) is 0 Å². The fraction of sp³-hybridized carbons (Fsp3) is 0.333. The Morgan fingerprint density at radius 2 is 1.90 bits per heavy atom. The van der Waals surface area contributed by atoms with Crippen molar-refractivity contribution in [2.24, 2.45) is 0 Å². The Hall–Kier alpha value is -3.42. The number of methoxy groups -OCH3 is 1. The number of nitrogens with zero attached hydrogens (tertiary/aromatic N) is 2. The Morgan fingerprint density at radius 1 is 1.17 bits per heavy atom. The van der Waals surface area contributed by atoms with E-state index in [1.807, 2.05) is 37.3 Å². The van der Waals surface area contributed by atoms with Gasteiger partial charge in [-0.05, 0) is 18.1 Å². The molecule has 0 radical (unpaired) electrons. The van der Waals surface area contributed by atoms with Crippen LogP contribution in [0.25, 0.3) is 0 Å². The molecule has 3 amide bonds. The Balaban J connectivity index is 1.98. The summed E-state index contributed by atoms with van der Waals surface area (Å²) in [7, 11) is 1.44. The molecule has 1 saturated heterocycles. The Bertz CT molecular complexity index is 931. The normalized spacial score (nSPS) is 18.6. The molecule has 0 saturated carbocycles. The highest BCUT2D eigenvalue weighted by Crippen LogP contribution is 2.36. The van der Waals surface area contributed by atoms with Gasteiger partial charge in [0, 0.05) is 17.7 Å². The quantitative estimate of drug-likeness (QED) is 0.415. The summed E-state index contributed by atoms with van der Waals surface area (Å²) < 4.78 is 5.27. The maximum atomic E-state index is 13.4. The van der Waals surface area contributed by atoms with Crippen LogP contribution in [-0.4, -0.2) is 28.9 Å².